The largest absolute Gasteiger partial charge is 0.462 e. The molecule has 0 N–H and O–H groups in total. The second-order valence-corrected chi connectivity index (χ2v) is 4.23. The highest BCUT2D eigenvalue weighted by Gasteiger charge is 2.75. The van der Waals surface area contributed by atoms with Crippen molar-refractivity contribution in [3.63, 3.8) is 0 Å². The Balaban J connectivity index is 4.62. The van der Waals surface area contributed by atoms with Crippen LogP contribution >= 0.6 is 0 Å². The normalized spacial score (nSPS) is 15.6. The van der Waals surface area contributed by atoms with E-state index in [-0.39, 0.29) is 0 Å². The molecule has 0 aromatic carbocycles. The van der Waals surface area contributed by atoms with Crippen molar-refractivity contribution < 1.29 is 70.9 Å². The van der Waals surface area contributed by atoms with Crippen LogP contribution in [0.15, 0.2) is 0 Å². The molecular weight excluding hydrogens is 406 g/mol. The number of halogens is 14. The van der Waals surface area contributed by atoms with Gasteiger partial charge in [-0.3, -0.25) is 0 Å². The van der Waals surface area contributed by atoms with E-state index >= 15 is 0 Å². The van der Waals surface area contributed by atoms with Gasteiger partial charge in [0.2, 0.25) is 0 Å². The zero-order chi connectivity index (χ0) is 20.5. The second-order valence-electron chi connectivity index (χ2n) is 4.23. The minimum absolute atomic E-state index is 1.44. The Kier molecular flexibility index (Phi) is 6.63. The van der Waals surface area contributed by atoms with E-state index in [1.165, 1.54) is 0 Å². The fraction of sp³-hybridized carbons (Fsp3) is 1.00. The summed E-state index contributed by atoms with van der Waals surface area (Å²) in [6.07, 6.45) is -27.2. The summed E-state index contributed by atoms with van der Waals surface area (Å²) in [5.74, 6) is -13.3. The summed E-state index contributed by atoms with van der Waals surface area (Å²) in [4.78, 5) is 0. The van der Waals surface area contributed by atoms with E-state index in [0.29, 0.717) is 0 Å². The first kappa shape index (κ1) is 23.9. The molecule has 0 saturated carbocycles. The number of alkyl halides is 14. The van der Waals surface area contributed by atoms with Crippen LogP contribution in [0.4, 0.5) is 61.5 Å². The molecule has 25 heavy (non-hydrogen) atoms. The van der Waals surface area contributed by atoms with Gasteiger partial charge >= 0.3 is 36.4 Å². The molecule has 0 rings (SSSR count). The molecule has 0 saturated heterocycles. The number of ether oxygens (including phenoxy) is 2. The Hall–Kier alpha value is -1.06. The molecule has 0 radical (unpaired) electrons. The fourth-order valence-corrected chi connectivity index (χ4v) is 0.971. The summed E-state index contributed by atoms with van der Waals surface area (Å²) in [6, 6.07) is 0. The van der Waals surface area contributed by atoms with E-state index < -0.39 is 56.0 Å². The summed E-state index contributed by atoms with van der Waals surface area (Å²) in [6.45, 7) is -3.71. The molecule has 0 aromatic rings. The molecule has 0 aliphatic heterocycles. The highest BCUT2D eigenvalue weighted by atomic mass is 19.4. The van der Waals surface area contributed by atoms with Crippen LogP contribution in [0.25, 0.3) is 0 Å². The van der Waals surface area contributed by atoms with Gasteiger partial charge in [0.1, 0.15) is 0 Å². The van der Waals surface area contributed by atoms with Gasteiger partial charge in [0.25, 0.3) is 0 Å². The molecule has 2 nitrogen and oxygen atoms in total. The Morgan fingerprint density at radius 3 is 0.880 bits per heavy atom. The Bertz CT molecular complexity index is 397. The highest BCUT2D eigenvalue weighted by molar-refractivity contribution is 4.85. The molecular formula is C9H6F14O2. The topological polar surface area (TPSA) is 18.5 Å². The van der Waals surface area contributed by atoms with Gasteiger partial charge in [-0.15, -0.1) is 0 Å². The van der Waals surface area contributed by atoms with Crippen molar-refractivity contribution in [1.29, 1.82) is 0 Å². The molecule has 152 valence electrons. The average molecular weight is 412 g/mol. The van der Waals surface area contributed by atoms with E-state index in [0.717, 1.165) is 0 Å². The molecule has 16 heteroatoms. The Morgan fingerprint density at radius 1 is 0.440 bits per heavy atom. The smallest absolute Gasteiger partial charge is 0.315 e. The van der Waals surface area contributed by atoms with Crippen molar-refractivity contribution in [1.82, 2.24) is 0 Å². The van der Waals surface area contributed by atoms with Gasteiger partial charge < -0.3 is 9.47 Å². The van der Waals surface area contributed by atoms with Crippen LogP contribution in [0.3, 0.4) is 0 Å². The summed E-state index contributed by atoms with van der Waals surface area (Å²) in [5.41, 5.74) is 0. The van der Waals surface area contributed by atoms with Crippen molar-refractivity contribution in [2.45, 2.75) is 42.8 Å². The number of hydrogen-bond donors (Lipinski definition) is 0. The molecule has 0 aliphatic carbocycles. The van der Waals surface area contributed by atoms with Gasteiger partial charge in [0.15, 0.2) is 0 Å². The van der Waals surface area contributed by atoms with Crippen LogP contribution in [0, 0.1) is 0 Å². The molecule has 0 heterocycles. The molecule has 0 fully saturated rings. The highest BCUT2D eigenvalue weighted by Crippen LogP contribution is 2.48. The van der Waals surface area contributed by atoms with Crippen LogP contribution in [-0.4, -0.2) is 49.6 Å². The van der Waals surface area contributed by atoms with Crippen LogP contribution in [-0.2, 0) is 9.47 Å². The average Bonchev–Trinajstić information content (AvgIpc) is 2.34. The summed E-state index contributed by atoms with van der Waals surface area (Å²) in [7, 11) is 0. The fourth-order valence-electron chi connectivity index (χ4n) is 0.971. The second kappa shape index (κ2) is 6.92. The lowest BCUT2D eigenvalue weighted by atomic mass is 10.3. The number of rotatable bonds is 8. The van der Waals surface area contributed by atoms with Gasteiger partial charge in [-0.1, -0.05) is 0 Å². The van der Waals surface area contributed by atoms with E-state index in [1.807, 2.05) is 0 Å². The van der Waals surface area contributed by atoms with Crippen LogP contribution in [0.1, 0.15) is 6.42 Å². The van der Waals surface area contributed by atoms with Gasteiger partial charge in [0, 0.05) is 0 Å². The van der Waals surface area contributed by atoms with Crippen molar-refractivity contribution in [2.24, 2.45) is 0 Å². The lowest BCUT2D eigenvalue weighted by Crippen LogP contribution is -2.54. The third kappa shape index (κ3) is 4.98. The van der Waals surface area contributed by atoms with E-state index in [1.54, 1.807) is 0 Å². The maximum absolute atomic E-state index is 12.6. The minimum atomic E-state index is -6.74. The Labute approximate surface area is 128 Å². The van der Waals surface area contributed by atoms with Crippen LogP contribution < -0.4 is 0 Å². The van der Waals surface area contributed by atoms with Gasteiger partial charge in [0.05, 0.1) is 13.2 Å². The number of hydrogen-bond acceptors (Lipinski definition) is 2. The predicted octanol–water partition coefficient (Wildman–Crippen LogP) is 4.99. The summed E-state index contributed by atoms with van der Waals surface area (Å²) >= 11 is 0. The third-order valence-corrected chi connectivity index (χ3v) is 2.30. The van der Waals surface area contributed by atoms with Gasteiger partial charge in [-0.25, -0.2) is 0 Å². The molecule has 0 bridgehead atoms. The summed E-state index contributed by atoms with van der Waals surface area (Å²) in [5, 5.41) is 0. The SMILES string of the molecule is FC(F)(F)C(F)(F)C(F)(F)OCCCOC(F)(F)C(F)(F)C(F)(F)F. The lowest BCUT2D eigenvalue weighted by molar-refractivity contribution is -0.429. The monoisotopic (exact) mass is 412 g/mol. The standard InChI is InChI=1S/C9H6F14O2/c10-4(11,6(14,15)16)8(20,21)24-2-1-3-25-9(22,23)5(12,13)7(17,18)19/h1-3H2. The van der Waals surface area contributed by atoms with Gasteiger partial charge in [-0.2, -0.15) is 61.5 Å². The first-order chi connectivity index (χ1) is 10.7. The maximum atomic E-state index is 12.6. The minimum Gasteiger partial charge on any atom is -0.315 e. The first-order valence-corrected chi connectivity index (χ1v) is 5.63. The summed E-state index contributed by atoms with van der Waals surface area (Å²) < 4.78 is 175. The van der Waals surface area contributed by atoms with Crippen molar-refractivity contribution in [3.05, 3.63) is 0 Å². The van der Waals surface area contributed by atoms with E-state index in [4.69, 9.17) is 0 Å². The molecule has 0 aromatic heterocycles. The van der Waals surface area contributed by atoms with Crippen molar-refractivity contribution >= 4 is 0 Å². The Morgan fingerprint density at radius 2 is 0.680 bits per heavy atom. The molecule has 0 atom stereocenters. The molecule has 0 spiro atoms. The zero-order valence-electron chi connectivity index (χ0n) is 11.2. The quantitative estimate of drug-likeness (QED) is 0.413. The third-order valence-electron chi connectivity index (χ3n) is 2.30. The molecule has 0 aliphatic rings. The van der Waals surface area contributed by atoms with Crippen molar-refractivity contribution in [3.8, 4) is 0 Å². The van der Waals surface area contributed by atoms with Gasteiger partial charge in [-0.05, 0) is 6.42 Å². The van der Waals surface area contributed by atoms with Crippen molar-refractivity contribution in [2.75, 3.05) is 13.2 Å². The molecule has 0 amide bonds. The van der Waals surface area contributed by atoms with E-state index in [2.05, 4.69) is 9.47 Å². The first-order valence-electron chi connectivity index (χ1n) is 5.63. The predicted molar refractivity (Wildman–Crippen MR) is 48.4 cm³/mol. The van der Waals surface area contributed by atoms with E-state index in [9.17, 15) is 61.5 Å². The van der Waals surface area contributed by atoms with Crippen LogP contribution in [0.2, 0.25) is 0 Å². The molecule has 0 unspecified atom stereocenters. The lowest BCUT2D eigenvalue weighted by Gasteiger charge is -2.28. The maximum Gasteiger partial charge on any atom is 0.462 e. The van der Waals surface area contributed by atoms with Crippen LogP contribution in [0.5, 0.6) is 0 Å². The zero-order valence-corrected chi connectivity index (χ0v) is 11.2.